The van der Waals surface area contributed by atoms with Gasteiger partial charge in [0.2, 0.25) is 0 Å². The van der Waals surface area contributed by atoms with Crippen LogP contribution in [-0.4, -0.2) is 7.11 Å². The van der Waals surface area contributed by atoms with Gasteiger partial charge in [0.25, 0.3) is 0 Å². The Morgan fingerprint density at radius 1 is 1.10 bits per heavy atom. The van der Waals surface area contributed by atoms with Gasteiger partial charge in [0.05, 0.1) is 7.11 Å². The third-order valence-electron chi connectivity index (χ3n) is 7.34. The summed E-state index contributed by atoms with van der Waals surface area (Å²) in [5.41, 5.74) is 4.36. The van der Waals surface area contributed by atoms with Crippen molar-refractivity contribution in [3.63, 3.8) is 0 Å². The quantitative estimate of drug-likeness (QED) is 0.677. The first-order chi connectivity index (χ1) is 10.1. The van der Waals surface area contributed by atoms with Crippen LogP contribution in [0, 0.1) is 16.7 Å². The second kappa shape index (κ2) is 4.51. The zero-order valence-corrected chi connectivity index (χ0v) is 13.7. The number of hydrogen-bond acceptors (Lipinski definition) is 1. The van der Waals surface area contributed by atoms with E-state index in [9.17, 15) is 0 Å². The van der Waals surface area contributed by atoms with Crippen LogP contribution in [0.4, 0.5) is 0 Å². The molecule has 0 aliphatic heterocycles. The molecule has 4 atom stereocenters. The lowest BCUT2D eigenvalue weighted by atomic mass is 9.48. The van der Waals surface area contributed by atoms with E-state index in [-0.39, 0.29) is 0 Å². The first-order valence-electron chi connectivity index (χ1n) is 8.74. The van der Waals surface area contributed by atoms with Crippen molar-refractivity contribution in [2.24, 2.45) is 16.7 Å². The molecule has 0 N–H and O–H groups in total. The van der Waals surface area contributed by atoms with Gasteiger partial charge in [-0.2, -0.15) is 0 Å². The summed E-state index contributed by atoms with van der Waals surface area (Å²) in [6, 6.07) is 6.83. The van der Waals surface area contributed by atoms with E-state index in [4.69, 9.17) is 4.74 Å². The van der Waals surface area contributed by atoms with Crippen LogP contribution in [0.1, 0.15) is 69.4 Å². The van der Waals surface area contributed by atoms with Gasteiger partial charge in [0.15, 0.2) is 0 Å². The zero-order chi connectivity index (χ0) is 14.7. The highest BCUT2D eigenvalue weighted by molar-refractivity contribution is 5.41. The Bertz CT molecular complexity index is 563. The number of benzene rings is 1. The normalized spacial score (nSPS) is 41.1. The topological polar surface area (TPSA) is 9.23 Å². The Morgan fingerprint density at radius 3 is 2.76 bits per heavy atom. The maximum atomic E-state index is 5.43. The lowest BCUT2D eigenvalue weighted by molar-refractivity contribution is -0.0178. The monoisotopic (exact) mass is 284 g/mol. The fourth-order valence-electron chi connectivity index (χ4n) is 6.23. The zero-order valence-electron chi connectivity index (χ0n) is 13.7. The van der Waals surface area contributed by atoms with Crippen molar-refractivity contribution in [3.05, 3.63) is 29.3 Å². The number of hydrogen-bond donors (Lipinski definition) is 0. The molecular weight excluding hydrogens is 256 g/mol. The highest BCUT2D eigenvalue weighted by Crippen LogP contribution is 2.66. The van der Waals surface area contributed by atoms with Crippen molar-refractivity contribution in [1.82, 2.24) is 0 Å². The van der Waals surface area contributed by atoms with Gasteiger partial charge < -0.3 is 4.74 Å². The van der Waals surface area contributed by atoms with Gasteiger partial charge in [-0.3, -0.25) is 0 Å². The summed E-state index contributed by atoms with van der Waals surface area (Å²) >= 11 is 0. The smallest absolute Gasteiger partial charge is 0.119 e. The van der Waals surface area contributed by atoms with Gasteiger partial charge in [-0.15, -0.1) is 0 Å². The third kappa shape index (κ3) is 1.82. The second-order valence-electron chi connectivity index (χ2n) is 8.26. The van der Waals surface area contributed by atoms with Crippen LogP contribution in [0.25, 0.3) is 0 Å². The molecule has 0 saturated heterocycles. The van der Waals surface area contributed by atoms with Crippen LogP contribution in [0.2, 0.25) is 0 Å². The fourth-order valence-corrected chi connectivity index (χ4v) is 6.23. The highest BCUT2D eigenvalue weighted by Gasteiger charge is 2.56. The first kappa shape index (κ1) is 13.7. The van der Waals surface area contributed by atoms with E-state index in [0.29, 0.717) is 10.8 Å². The Labute approximate surface area is 129 Å². The molecule has 4 rings (SSSR count). The minimum Gasteiger partial charge on any atom is -0.497 e. The molecule has 1 nitrogen and oxygen atoms in total. The van der Waals surface area contributed by atoms with Crippen LogP contribution in [0.15, 0.2) is 18.2 Å². The molecule has 1 heteroatoms. The number of ether oxygens (including phenoxy) is 1. The molecule has 21 heavy (non-hydrogen) atoms. The van der Waals surface area contributed by atoms with Gasteiger partial charge in [-0.25, -0.2) is 0 Å². The number of aryl methyl sites for hydroxylation is 1. The Morgan fingerprint density at radius 2 is 1.95 bits per heavy atom. The second-order valence-corrected chi connectivity index (χ2v) is 8.26. The van der Waals surface area contributed by atoms with Crippen molar-refractivity contribution in [1.29, 1.82) is 0 Å². The van der Waals surface area contributed by atoms with Gasteiger partial charge in [-0.05, 0) is 84.5 Å². The summed E-state index contributed by atoms with van der Waals surface area (Å²) < 4.78 is 5.43. The van der Waals surface area contributed by atoms with Crippen molar-refractivity contribution in [2.45, 2.75) is 64.7 Å². The molecule has 3 aliphatic rings. The molecule has 0 spiro atoms. The van der Waals surface area contributed by atoms with Crippen LogP contribution in [0.3, 0.4) is 0 Å². The molecule has 0 heterocycles. The van der Waals surface area contributed by atoms with E-state index in [0.717, 1.165) is 17.6 Å². The molecule has 1 aromatic carbocycles. The van der Waals surface area contributed by atoms with Crippen LogP contribution < -0.4 is 4.74 Å². The molecule has 114 valence electrons. The predicted octanol–water partition coefficient (Wildman–Crippen LogP) is 5.33. The number of methoxy groups -OCH3 is 1. The van der Waals surface area contributed by atoms with Crippen LogP contribution in [-0.2, 0) is 6.42 Å². The Kier molecular flexibility index (Phi) is 2.93. The molecule has 2 saturated carbocycles. The number of rotatable bonds is 1. The molecule has 0 bridgehead atoms. The predicted molar refractivity (Wildman–Crippen MR) is 86.8 cm³/mol. The SMILES string of the molecule is COc1ccc2c(c1)CC[C@]1(C)[C@@H]2CC[C@]2(C)CCC[C@H]21. The standard InChI is InChI=1S/C20H28O/c1-19-10-4-5-18(19)20(2)12-8-14-13-15(21-3)6-7-16(14)17(20)9-11-19/h6-7,13,17-18H,4-5,8-12H2,1-3H3/t17-,18-,19+,20-/m1/s1. The average Bonchev–Trinajstić information content (AvgIpc) is 2.89. The summed E-state index contributed by atoms with van der Waals surface area (Å²) in [5.74, 6) is 2.75. The average molecular weight is 284 g/mol. The lowest BCUT2D eigenvalue weighted by Gasteiger charge is -2.56. The van der Waals surface area contributed by atoms with Gasteiger partial charge in [0.1, 0.15) is 5.75 Å². The molecule has 0 aromatic heterocycles. The first-order valence-corrected chi connectivity index (χ1v) is 8.74. The molecule has 2 fully saturated rings. The molecule has 0 radical (unpaired) electrons. The van der Waals surface area contributed by atoms with Gasteiger partial charge >= 0.3 is 0 Å². The van der Waals surface area contributed by atoms with Gasteiger partial charge in [0, 0.05) is 0 Å². The lowest BCUT2D eigenvalue weighted by Crippen LogP contribution is -2.47. The van der Waals surface area contributed by atoms with Gasteiger partial charge in [-0.1, -0.05) is 26.3 Å². The van der Waals surface area contributed by atoms with Crippen molar-refractivity contribution >= 4 is 0 Å². The van der Waals surface area contributed by atoms with E-state index in [1.54, 1.807) is 18.2 Å². The summed E-state index contributed by atoms with van der Waals surface area (Å²) in [6.07, 6.45) is 9.83. The molecule has 0 amide bonds. The largest absolute Gasteiger partial charge is 0.497 e. The van der Waals surface area contributed by atoms with E-state index in [1.807, 2.05) is 0 Å². The van der Waals surface area contributed by atoms with Crippen molar-refractivity contribution in [3.8, 4) is 5.75 Å². The minimum atomic E-state index is 0.533. The Hall–Kier alpha value is -0.980. The van der Waals surface area contributed by atoms with E-state index < -0.39 is 0 Å². The fraction of sp³-hybridized carbons (Fsp3) is 0.700. The van der Waals surface area contributed by atoms with Crippen LogP contribution >= 0.6 is 0 Å². The maximum absolute atomic E-state index is 5.43. The van der Waals surface area contributed by atoms with Crippen LogP contribution in [0.5, 0.6) is 5.75 Å². The summed E-state index contributed by atoms with van der Waals surface area (Å²) in [5, 5.41) is 0. The molecule has 1 aromatic rings. The summed E-state index contributed by atoms with van der Waals surface area (Å²) in [4.78, 5) is 0. The number of fused-ring (bicyclic) bond motifs is 5. The van der Waals surface area contributed by atoms with Crippen molar-refractivity contribution < 1.29 is 4.74 Å². The molecule has 3 aliphatic carbocycles. The summed E-state index contributed by atoms with van der Waals surface area (Å²) in [6.45, 7) is 5.19. The minimum absolute atomic E-state index is 0.533. The molecular formula is C20H28O. The molecule has 0 unspecified atom stereocenters. The summed E-state index contributed by atoms with van der Waals surface area (Å²) in [7, 11) is 1.78. The third-order valence-corrected chi connectivity index (χ3v) is 7.34. The Balaban J connectivity index is 1.76. The van der Waals surface area contributed by atoms with Crippen molar-refractivity contribution in [2.75, 3.05) is 7.11 Å². The highest BCUT2D eigenvalue weighted by atomic mass is 16.5. The van der Waals surface area contributed by atoms with E-state index in [1.165, 1.54) is 44.9 Å². The van der Waals surface area contributed by atoms with E-state index in [2.05, 4.69) is 32.0 Å². The maximum Gasteiger partial charge on any atom is 0.119 e. The van der Waals surface area contributed by atoms with E-state index >= 15 is 0 Å².